The molecule has 0 spiro atoms. The highest BCUT2D eigenvalue weighted by molar-refractivity contribution is 7.91. The fourth-order valence-corrected chi connectivity index (χ4v) is 3.40. The van der Waals surface area contributed by atoms with E-state index in [1.807, 2.05) is 0 Å². The van der Waals surface area contributed by atoms with Gasteiger partial charge in [-0.05, 0) is 19.8 Å². The van der Waals surface area contributed by atoms with Gasteiger partial charge >= 0.3 is 12.1 Å². The summed E-state index contributed by atoms with van der Waals surface area (Å²) in [5.41, 5.74) is -1.56. The van der Waals surface area contributed by atoms with Crippen LogP contribution in [-0.2, 0) is 19.4 Å². The van der Waals surface area contributed by atoms with E-state index in [0.717, 1.165) is 0 Å². The van der Waals surface area contributed by atoms with Crippen molar-refractivity contribution in [2.45, 2.75) is 31.5 Å². The predicted molar refractivity (Wildman–Crippen MR) is 61.3 cm³/mol. The molecule has 1 fully saturated rings. The number of sulfone groups is 1. The van der Waals surface area contributed by atoms with Gasteiger partial charge in [0.15, 0.2) is 0 Å². The van der Waals surface area contributed by atoms with E-state index >= 15 is 0 Å². The van der Waals surface area contributed by atoms with Crippen molar-refractivity contribution < 1.29 is 31.1 Å². The molecule has 0 aliphatic carbocycles. The Morgan fingerprint density at radius 3 is 2.26 bits per heavy atom. The van der Waals surface area contributed by atoms with Crippen molar-refractivity contribution in [3.8, 4) is 0 Å². The van der Waals surface area contributed by atoms with E-state index in [1.165, 1.54) is 6.92 Å². The number of halogens is 3. The van der Waals surface area contributed by atoms with E-state index in [4.69, 9.17) is 4.74 Å². The Kier molecular flexibility index (Phi) is 4.83. The van der Waals surface area contributed by atoms with Gasteiger partial charge in [0.25, 0.3) is 0 Å². The molecule has 112 valence electrons. The lowest BCUT2D eigenvalue weighted by Crippen LogP contribution is -2.59. The van der Waals surface area contributed by atoms with Gasteiger partial charge in [-0.15, -0.1) is 0 Å². The van der Waals surface area contributed by atoms with Crippen LogP contribution in [0.2, 0.25) is 0 Å². The zero-order valence-corrected chi connectivity index (χ0v) is 11.2. The van der Waals surface area contributed by atoms with Gasteiger partial charge in [-0.2, -0.15) is 13.2 Å². The van der Waals surface area contributed by atoms with Gasteiger partial charge < -0.3 is 4.74 Å². The Balaban J connectivity index is 2.83. The second kappa shape index (κ2) is 5.66. The minimum Gasteiger partial charge on any atom is -0.465 e. The summed E-state index contributed by atoms with van der Waals surface area (Å²) in [6.07, 6.45) is -4.88. The van der Waals surface area contributed by atoms with Crippen LogP contribution in [0.1, 0.15) is 19.8 Å². The lowest BCUT2D eigenvalue weighted by molar-refractivity contribution is -0.156. The van der Waals surface area contributed by atoms with Crippen molar-refractivity contribution in [1.29, 1.82) is 0 Å². The molecule has 1 saturated heterocycles. The van der Waals surface area contributed by atoms with Crippen LogP contribution in [0.5, 0.6) is 0 Å². The van der Waals surface area contributed by atoms with Gasteiger partial charge in [-0.25, -0.2) is 8.42 Å². The van der Waals surface area contributed by atoms with E-state index in [-0.39, 0.29) is 31.0 Å². The molecule has 0 bridgehead atoms. The maximum atomic E-state index is 12.2. The normalized spacial score (nSPS) is 21.9. The second-order valence-corrected chi connectivity index (χ2v) is 6.73. The summed E-state index contributed by atoms with van der Waals surface area (Å²) in [7, 11) is -3.29. The molecule has 0 unspecified atom stereocenters. The first-order chi connectivity index (χ1) is 8.60. The van der Waals surface area contributed by atoms with Crippen LogP contribution in [0.4, 0.5) is 13.2 Å². The highest BCUT2D eigenvalue weighted by Gasteiger charge is 2.46. The number of rotatable bonds is 4. The van der Waals surface area contributed by atoms with Crippen molar-refractivity contribution in [3.05, 3.63) is 0 Å². The zero-order valence-electron chi connectivity index (χ0n) is 10.4. The maximum Gasteiger partial charge on any atom is 0.401 e. The molecule has 5 nitrogen and oxygen atoms in total. The molecule has 0 amide bonds. The summed E-state index contributed by atoms with van der Waals surface area (Å²) in [4.78, 5) is 11.8. The molecular weight excluding hydrogens is 287 g/mol. The van der Waals surface area contributed by atoms with E-state index in [9.17, 15) is 26.4 Å². The van der Waals surface area contributed by atoms with E-state index in [2.05, 4.69) is 5.32 Å². The molecule has 0 atom stereocenters. The Hall–Kier alpha value is -0.830. The Morgan fingerprint density at radius 1 is 1.32 bits per heavy atom. The molecule has 0 radical (unpaired) electrons. The number of hydrogen-bond acceptors (Lipinski definition) is 5. The van der Waals surface area contributed by atoms with E-state index in [0.29, 0.717) is 0 Å². The lowest BCUT2D eigenvalue weighted by Gasteiger charge is -2.35. The SMILES string of the molecule is CCOC(=O)C1(NCC(F)(F)F)CCS(=O)(=O)CC1. The fraction of sp³-hybridized carbons (Fsp3) is 0.900. The average Bonchev–Trinajstić information content (AvgIpc) is 2.27. The third kappa shape index (κ3) is 4.64. The quantitative estimate of drug-likeness (QED) is 0.772. The zero-order chi connectivity index (χ0) is 14.7. The number of esters is 1. The molecule has 1 rings (SSSR count). The Labute approximate surface area is 109 Å². The summed E-state index contributed by atoms with van der Waals surface area (Å²) in [6.45, 7) is 0.210. The van der Waals surface area contributed by atoms with Crippen molar-refractivity contribution >= 4 is 15.8 Å². The first kappa shape index (κ1) is 16.2. The molecule has 19 heavy (non-hydrogen) atoms. The van der Waals surface area contributed by atoms with Crippen LogP contribution in [-0.4, -0.2) is 50.8 Å². The molecule has 1 N–H and O–H groups in total. The van der Waals surface area contributed by atoms with Gasteiger partial charge in [0.2, 0.25) is 0 Å². The van der Waals surface area contributed by atoms with E-state index in [1.54, 1.807) is 0 Å². The molecular formula is C10H16F3NO4S. The topological polar surface area (TPSA) is 72.5 Å². The molecule has 0 aromatic rings. The first-order valence-electron chi connectivity index (χ1n) is 5.80. The first-order valence-corrected chi connectivity index (χ1v) is 7.62. The smallest absolute Gasteiger partial charge is 0.401 e. The van der Waals surface area contributed by atoms with Crippen molar-refractivity contribution in [3.63, 3.8) is 0 Å². The van der Waals surface area contributed by atoms with Crippen molar-refractivity contribution in [2.24, 2.45) is 0 Å². The summed E-state index contributed by atoms with van der Waals surface area (Å²) in [5, 5.41) is 2.13. The number of nitrogens with one attached hydrogen (secondary N) is 1. The van der Waals surface area contributed by atoms with Crippen LogP contribution in [0.15, 0.2) is 0 Å². The summed E-state index contributed by atoms with van der Waals surface area (Å²) in [5.74, 6) is -1.47. The van der Waals surface area contributed by atoms with Crippen LogP contribution < -0.4 is 5.32 Å². The number of carbonyl (C=O) groups excluding carboxylic acids is 1. The van der Waals surface area contributed by atoms with Gasteiger partial charge in [-0.3, -0.25) is 10.1 Å². The van der Waals surface area contributed by atoms with Crippen molar-refractivity contribution in [2.75, 3.05) is 24.7 Å². The highest BCUT2D eigenvalue weighted by atomic mass is 32.2. The summed E-state index contributed by atoms with van der Waals surface area (Å²) < 4.78 is 64.1. The van der Waals surface area contributed by atoms with E-state index < -0.39 is 34.1 Å². The van der Waals surface area contributed by atoms with Crippen molar-refractivity contribution in [1.82, 2.24) is 5.32 Å². The van der Waals surface area contributed by atoms with Crippen LogP contribution in [0.3, 0.4) is 0 Å². The number of ether oxygens (including phenoxy) is 1. The number of alkyl halides is 3. The average molecular weight is 303 g/mol. The molecule has 9 heteroatoms. The summed E-state index contributed by atoms with van der Waals surface area (Å²) >= 11 is 0. The lowest BCUT2D eigenvalue weighted by atomic mass is 9.92. The third-order valence-electron chi connectivity index (χ3n) is 2.97. The van der Waals surface area contributed by atoms with Gasteiger partial charge in [-0.1, -0.05) is 0 Å². The van der Waals surface area contributed by atoms with Gasteiger partial charge in [0.1, 0.15) is 15.4 Å². The second-order valence-electron chi connectivity index (χ2n) is 4.42. The van der Waals surface area contributed by atoms with Crippen LogP contribution in [0.25, 0.3) is 0 Å². The molecule has 0 aromatic carbocycles. The minimum atomic E-state index is -4.48. The van der Waals surface area contributed by atoms with Gasteiger partial charge in [0, 0.05) is 0 Å². The van der Waals surface area contributed by atoms with Gasteiger partial charge in [0.05, 0.1) is 24.7 Å². The molecule has 1 aliphatic rings. The molecule has 0 aromatic heterocycles. The number of hydrogen-bond donors (Lipinski definition) is 1. The largest absolute Gasteiger partial charge is 0.465 e. The monoisotopic (exact) mass is 303 g/mol. The third-order valence-corrected chi connectivity index (χ3v) is 4.63. The highest BCUT2D eigenvalue weighted by Crippen LogP contribution is 2.27. The summed E-state index contributed by atoms with van der Waals surface area (Å²) in [6, 6.07) is 0. The fourth-order valence-electron chi connectivity index (χ4n) is 1.88. The Bertz CT molecular complexity index is 419. The minimum absolute atomic E-state index is 0.0288. The standard InChI is InChI=1S/C10H16F3NO4S/c1-2-18-8(15)9(14-7-10(11,12)13)3-5-19(16,17)6-4-9/h14H,2-7H2,1H3. The van der Waals surface area contributed by atoms with Crippen LogP contribution in [0, 0.1) is 0 Å². The number of carbonyl (C=O) groups is 1. The Morgan fingerprint density at radius 2 is 1.84 bits per heavy atom. The molecule has 1 aliphatic heterocycles. The molecule has 1 heterocycles. The maximum absolute atomic E-state index is 12.2. The van der Waals surface area contributed by atoms with Crippen LogP contribution >= 0.6 is 0 Å². The molecule has 0 saturated carbocycles. The predicted octanol–water partition coefficient (Wildman–Crippen LogP) is 0.649.